The van der Waals surface area contributed by atoms with E-state index < -0.39 is 0 Å². The molecule has 0 aromatic rings. The number of amides is 1. The molecule has 1 N–H and O–H groups in total. The van der Waals surface area contributed by atoms with Gasteiger partial charge in [0.1, 0.15) is 0 Å². The Morgan fingerprint density at radius 2 is 1.93 bits per heavy atom. The number of hydrogen-bond acceptors (Lipinski definition) is 2. The molecule has 0 aliphatic heterocycles. The summed E-state index contributed by atoms with van der Waals surface area (Å²) in [7, 11) is 3.77. The van der Waals surface area contributed by atoms with Gasteiger partial charge in [-0.3, -0.25) is 4.79 Å². The molecule has 0 saturated carbocycles. The van der Waals surface area contributed by atoms with E-state index >= 15 is 0 Å². The van der Waals surface area contributed by atoms with Crippen molar-refractivity contribution in [3.05, 3.63) is 0 Å². The molecule has 0 bridgehead atoms. The van der Waals surface area contributed by atoms with Gasteiger partial charge in [0.15, 0.2) is 0 Å². The number of rotatable bonds is 5. The fourth-order valence-electron chi connectivity index (χ4n) is 1.13. The van der Waals surface area contributed by atoms with Crippen LogP contribution < -0.4 is 5.32 Å². The van der Waals surface area contributed by atoms with Crippen molar-refractivity contribution in [3.8, 4) is 0 Å². The molecule has 3 nitrogen and oxygen atoms in total. The quantitative estimate of drug-likeness (QED) is 0.756. The van der Waals surface area contributed by atoms with Gasteiger partial charge in [-0.25, -0.2) is 0 Å². The number of nitrogens with one attached hydrogen (secondary N) is 1. The van der Waals surface area contributed by atoms with Crippen molar-refractivity contribution >= 4 is 5.91 Å². The molecule has 0 saturated heterocycles. The van der Waals surface area contributed by atoms with Crippen molar-refractivity contribution in [1.29, 1.82) is 0 Å². The van der Waals surface area contributed by atoms with Crippen LogP contribution in [-0.2, 0) is 4.79 Å². The minimum absolute atomic E-state index is 0.208. The van der Waals surface area contributed by atoms with Gasteiger partial charge in [-0.15, -0.1) is 0 Å². The average molecular weight is 214 g/mol. The Bertz CT molecular complexity index is 196. The van der Waals surface area contributed by atoms with E-state index in [1.165, 1.54) is 0 Å². The van der Waals surface area contributed by atoms with Gasteiger partial charge in [-0.2, -0.15) is 0 Å². The van der Waals surface area contributed by atoms with Gasteiger partial charge in [-0.05, 0) is 18.4 Å². The third-order valence-electron chi connectivity index (χ3n) is 3.08. The largest absolute Gasteiger partial charge is 0.344 e. The highest BCUT2D eigenvalue weighted by Gasteiger charge is 2.23. The summed E-state index contributed by atoms with van der Waals surface area (Å²) in [6.45, 7) is 10.3. The number of carbonyl (C=O) groups is 1. The summed E-state index contributed by atoms with van der Waals surface area (Å²) in [5, 5.41) is 3.04. The Morgan fingerprint density at radius 1 is 1.40 bits per heavy atom. The molecule has 0 rings (SSSR count). The molecule has 90 valence electrons. The van der Waals surface area contributed by atoms with E-state index in [-0.39, 0.29) is 11.3 Å². The summed E-state index contributed by atoms with van der Waals surface area (Å²) < 4.78 is 0. The van der Waals surface area contributed by atoms with Gasteiger partial charge in [-0.1, -0.05) is 27.7 Å². The summed E-state index contributed by atoms with van der Waals surface area (Å²) >= 11 is 0. The van der Waals surface area contributed by atoms with Crippen molar-refractivity contribution in [3.63, 3.8) is 0 Å². The molecule has 0 fully saturated rings. The second-order valence-corrected chi connectivity index (χ2v) is 5.39. The Kier molecular flexibility index (Phi) is 5.88. The maximum atomic E-state index is 11.8. The molecule has 0 aliphatic rings. The Morgan fingerprint density at radius 3 is 2.33 bits per heavy atom. The van der Waals surface area contributed by atoms with E-state index in [1.54, 1.807) is 4.90 Å². The van der Waals surface area contributed by atoms with E-state index in [0.717, 1.165) is 13.1 Å². The molecule has 0 radical (unpaired) electrons. The lowest BCUT2D eigenvalue weighted by Crippen LogP contribution is -2.35. The molecule has 0 aliphatic carbocycles. The number of nitrogens with zero attached hydrogens (tertiary/aromatic N) is 1. The molecular weight excluding hydrogens is 188 g/mol. The standard InChI is InChI=1S/C12H26N2O/c1-10(12(2,3)4)9-11(15)14(6)8-7-13-5/h10,13H,7-9H2,1-6H3. The van der Waals surface area contributed by atoms with Crippen LogP contribution in [0.15, 0.2) is 0 Å². The molecule has 0 aromatic carbocycles. The lowest BCUT2D eigenvalue weighted by Gasteiger charge is -2.28. The van der Waals surface area contributed by atoms with Gasteiger partial charge in [0, 0.05) is 26.6 Å². The van der Waals surface area contributed by atoms with Crippen LogP contribution in [0.1, 0.15) is 34.1 Å². The summed E-state index contributed by atoms with van der Waals surface area (Å²) in [6, 6.07) is 0. The summed E-state index contributed by atoms with van der Waals surface area (Å²) in [6.07, 6.45) is 0.643. The third kappa shape index (κ3) is 5.78. The van der Waals surface area contributed by atoms with Crippen molar-refractivity contribution in [1.82, 2.24) is 10.2 Å². The molecule has 0 aromatic heterocycles. The van der Waals surface area contributed by atoms with Crippen LogP contribution in [0.3, 0.4) is 0 Å². The zero-order valence-corrected chi connectivity index (χ0v) is 11.1. The van der Waals surface area contributed by atoms with Crippen LogP contribution in [-0.4, -0.2) is 38.0 Å². The van der Waals surface area contributed by atoms with E-state index in [4.69, 9.17) is 0 Å². The van der Waals surface area contributed by atoms with Crippen LogP contribution in [0, 0.1) is 11.3 Å². The second kappa shape index (κ2) is 6.11. The third-order valence-corrected chi connectivity index (χ3v) is 3.08. The minimum Gasteiger partial charge on any atom is -0.344 e. The number of carbonyl (C=O) groups excluding carboxylic acids is 1. The summed E-state index contributed by atoms with van der Waals surface area (Å²) in [5.41, 5.74) is 0.208. The van der Waals surface area contributed by atoms with Gasteiger partial charge in [0.05, 0.1) is 0 Å². The fraction of sp³-hybridized carbons (Fsp3) is 0.917. The van der Waals surface area contributed by atoms with Crippen LogP contribution in [0.25, 0.3) is 0 Å². The van der Waals surface area contributed by atoms with Gasteiger partial charge in [0.25, 0.3) is 0 Å². The predicted molar refractivity (Wildman–Crippen MR) is 64.8 cm³/mol. The SMILES string of the molecule is CNCCN(C)C(=O)CC(C)C(C)(C)C. The maximum Gasteiger partial charge on any atom is 0.222 e. The van der Waals surface area contributed by atoms with E-state index in [1.807, 2.05) is 14.1 Å². The van der Waals surface area contributed by atoms with Crippen molar-refractivity contribution < 1.29 is 4.79 Å². The number of likely N-dealkylation sites (N-methyl/N-ethyl adjacent to an activating group) is 2. The predicted octanol–water partition coefficient (Wildman–Crippen LogP) is 1.74. The van der Waals surface area contributed by atoms with Gasteiger partial charge >= 0.3 is 0 Å². The first-order valence-corrected chi connectivity index (χ1v) is 5.67. The van der Waals surface area contributed by atoms with Gasteiger partial charge < -0.3 is 10.2 Å². The molecule has 1 unspecified atom stereocenters. The first-order valence-electron chi connectivity index (χ1n) is 5.67. The van der Waals surface area contributed by atoms with Crippen molar-refractivity contribution in [2.24, 2.45) is 11.3 Å². The normalized spacial score (nSPS) is 13.7. The average Bonchev–Trinajstić information content (AvgIpc) is 2.12. The van der Waals surface area contributed by atoms with Crippen LogP contribution in [0.4, 0.5) is 0 Å². The maximum absolute atomic E-state index is 11.8. The van der Waals surface area contributed by atoms with E-state index in [2.05, 4.69) is 33.0 Å². The lowest BCUT2D eigenvalue weighted by molar-refractivity contribution is -0.131. The first kappa shape index (κ1) is 14.4. The lowest BCUT2D eigenvalue weighted by atomic mass is 9.80. The molecule has 15 heavy (non-hydrogen) atoms. The topological polar surface area (TPSA) is 32.3 Å². The summed E-state index contributed by atoms with van der Waals surface area (Å²) in [5.74, 6) is 0.662. The highest BCUT2D eigenvalue weighted by Crippen LogP contribution is 2.28. The Hall–Kier alpha value is -0.570. The van der Waals surface area contributed by atoms with Gasteiger partial charge in [0.2, 0.25) is 5.91 Å². The minimum atomic E-state index is 0.208. The molecule has 1 atom stereocenters. The zero-order chi connectivity index (χ0) is 12.1. The molecule has 1 amide bonds. The highest BCUT2D eigenvalue weighted by atomic mass is 16.2. The summed E-state index contributed by atoms with van der Waals surface area (Å²) in [4.78, 5) is 13.6. The highest BCUT2D eigenvalue weighted by molar-refractivity contribution is 5.76. The molecule has 0 spiro atoms. The molecule has 0 heterocycles. The monoisotopic (exact) mass is 214 g/mol. The molecular formula is C12H26N2O. The first-order chi connectivity index (χ1) is 6.79. The van der Waals surface area contributed by atoms with Crippen LogP contribution in [0.2, 0.25) is 0 Å². The smallest absolute Gasteiger partial charge is 0.222 e. The van der Waals surface area contributed by atoms with E-state index in [9.17, 15) is 4.79 Å². The van der Waals surface area contributed by atoms with Crippen LogP contribution >= 0.6 is 0 Å². The van der Waals surface area contributed by atoms with Crippen LogP contribution in [0.5, 0.6) is 0 Å². The molecule has 3 heteroatoms. The zero-order valence-electron chi connectivity index (χ0n) is 11.1. The van der Waals surface area contributed by atoms with E-state index in [0.29, 0.717) is 12.3 Å². The Balaban J connectivity index is 4.02. The second-order valence-electron chi connectivity index (χ2n) is 5.39. The van der Waals surface area contributed by atoms with Crippen molar-refractivity contribution in [2.45, 2.75) is 34.1 Å². The number of hydrogen-bond donors (Lipinski definition) is 1. The Labute approximate surface area is 94.2 Å². The fourth-order valence-corrected chi connectivity index (χ4v) is 1.13. The van der Waals surface area contributed by atoms with Crippen molar-refractivity contribution in [2.75, 3.05) is 27.2 Å².